The second-order valence-corrected chi connectivity index (χ2v) is 5.72. The SMILES string of the molecule is Cc1cc(Br)cc(NC(=O)NC(C)CCCC(=O)O)c1. The molecule has 1 rings (SSSR count). The minimum atomic E-state index is -0.814. The molecule has 1 aromatic rings. The fourth-order valence-electron chi connectivity index (χ4n) is 1.83. The van der Waals surface area contributed by atoms with Crippen LogP contribution in [0.25, 0.3) is 0 Å². The molecule has 3 N–H and O–H groups in total. The van der Waals surface area contributed by atoms with E-state index >= 15 is 0 Å². The lowest BCUT2D eigenvalue weighted by Crippen LogP contribution is -2.36. The van der Waals surface area contributed by atoms with Crippen LogP contribution in [0.5, 0.6) is 0 Å². The summed E-state index contributed by atoms with van der Waals surface area (Å²) >= 11 is 3.37. The quantitative estimate of drug-likeness (QED) is 0.739. The first kappa shape index (κ1) is 16.5. The molecule has 1 atom stereocenters. The Morgan fingerprint density at radius 2 is 2.05 bits per heavy atom. The number of carbonyl (C=O) groups is 2. The summed E-state index contributed by atoms with van der Waals surface area (Å²) in [6, 6.07) is 5.30. The Morgan fingerprint density at radius 3 is 2.65 bits per heavy atom. The number of aliphatic carboxylic acids is 1. The highest BCUT2D eigenvalue weighted by Gasteiger charge is 2.08. The van der Waals surface area contributed by atoms with E-state index in [1.807, 2.05) is 32.0 Å². The molecule has 110 valence electrons. The van der Waals surface area contributed by atoms with Crippen LogP contribution in [0.1, 0.15) is 31.7 Å². The molecule has 1 aromatic carbocycles. The number of anilines is 1. The molecular weight excluding hydrogens is 324 g/mol. The summed E-state index contributed by atoms with van der Waals surface area (Å²) in [5, 5.41) is 14.1. The van der Waals surface area contributed by atoms with Crippen molar-refractivity contribution in [3.8, 4) is 0 Å². The Balaban J connectivity index is 2.40. The Labute approximate surface area is 126 Å². The van der Waals surface area contributed by atoms with Gasteiger partial charge in [0.1, 0.15) is 0 Å². The van der Waals surface area contributed by atoms with E-state index in [1.54, 1.807) is 0 Å². The average molecular weight is 343 g/mol. The highest BCUT2D eigenvalue weighted by molar-refractivity contribution is 9.10. The van der Waals surface area contributed by atoms with Gasteiger partial charge in [0, 0.05) is 22.6 Å². The second kappa shape index (κ2) is 7.89. The van der Waals surface area contributed by atoms with Crippen LogP contribution in [-0.2, 0) is 4.79 Å². The molecule has 2 amide bonds. The first-order chi connectivity index (χ1) is 9.36. The number of aryl methyl sites for hydroxylation is 1. The zero-order chi connectivity index (χ0) is 15.1. The zero-order valence-electron chi connectivity index (χ0n) is 11.6. The van der Waals surface area contributed by atoms with Gasteiger partial charge in [-0.1, -0.05) is 15.9 Å². The predicted octanol–water partition coefficient (Wildman–Crippen LogP) is 3.52. The second-order valence-electron chi connectivity index (χ2n) is 4.80. The minimum Gasteiger partial charge on any atom is -0.481 e. The van der Waals surface area contributed by atoms with Crippen molar-refractivity contribution in [3.05, 3.63) is 28.2 Å². The molecule has 6 heteroatoms. The Bertz CT molecular complexity index is 471. The van der Waals surface area contributed by atoms with E-state index < -0.39 is 5.97 Å². The summed E-state index contributed by atoms with van der Waals surface area (Å²) in [7, 11) is 0. The smallest absolute Gasteiger partial charge is 0.319 e. The molecule has 0 saturated carbocycles. The van der Waals surface area contributed by atoms with Gasteiger partial charge < -0.3 is 15.7 Å². The average Bonchev–Trinajstić information content (AvgIpc) is 2.25. The number of rotatable bonds is 6. The van der Waals surface area contributed by atoms with Crippen LogP contribution in [0, 0.1) is 6.92 Å². The third-order valence-electron chi connectivity index (χ3n) is 2.71. The number of carboxylic acids is 1. The van der Waals surface area contributed by atoms with E-state index in [9.17, 15) is 9.59 Å². The first-order valence-corrected chi connectivity index (χ1v) is 7.22. The van der Waals surface area contributed by atoms with E-state index in [-0.39, 0.29) is 18.5 Å². The monoisotopic (exact) mass is 342 g/mol. The van der Waals surface area contributed by atoms with Crippen molar-refractivity contribution in [3.63, 3.8) is 0 Å². The standard InChI is InChI=1S/C14H19BrN2O3/c1-9-6-11(15)8-12(7-9)17-14(20)16-10(2)4-3-5-13(18)19/h6-8,10H,3-5H2,1-2H3,(H,18,19)(H2,16,17,20). The number of nitrogens with one attached hydrogen (secondary N) is 2. The lowest BCUT2D eigenvalue weighted by Gasteiger charge is -2.14. The Morgan fingerprint density at radius 1 is 1.35 bits per heavy atom. The molecule has 20 heavy (non-hydrogen) atoms. The maximum Gasteiger partial charge on any atom is 0.319 e. The van der Waals surface area contributed by atoms with Gasteiger partial charge in [-0.15, -0.1) is 0 Å². The molecule has 0 fully saturated rings. The van der Waals surface area contributed by atoms with E-state index in [0.29, 0.717) is 18.5 Å². The van der Waals surface area contributed by atoms with Gasteiger partial charge in [0.2, 0.25) is 0 Å². The normalized spacial score (nSPS) is 11.8. The van der Waals surface area contributed by atoms with Crippen molar-refractivity contribution < 1.29 is 14.7 Å². The van der Waals surface area contributed by atoms with Crippen LogP contribution in [-0.4, -0.2) is 23.1 Å². The van der Waals surface area contributed by atoms with Gasteiger partial charge in [0.15, 0.2) is 0 Å². The van der Waals surface area contributed by atoms with Gasteiger partial charge in [-0.05, 0) is 50.5 Å². The lowest BCUT2D eigenvalue weighted by atomic mass is 10.1. The topological polar surface area (TPSA) is 78.4 Å². The zero-order valence-corrected chi connectivity index (χ0v) is 13.2. The molecule has 0 aromatic heterocycles. The van der Waals surface area contributed by atoms with Crippen LogP contribution in [0.15, 0.2) is 22.7 Å². The van der Waals surface area contributed by atoms with Crippen molar-refractivity contribution in [1.29, 1.82) is 0 Å². The van der Waals surface area contributed by atoms with Gasteiger partial charge in [0.25, 0.3) is 0 Å². The highest BCUT2D eigenvalue weighted by Crippen LogP contribution is 2.18. The molecule has 1 unspecified atom stereocenters. The summed E-state index contributed by atoms with van der Waals surface area (Å²) in [5.74, 6) is -0.814. The summed E-state index contributed by atoms with van der Waals surface area (Å²) in [6.45, 7) is 3.80. The van der Waals surface area contributed by atoms with E-state index in [1.165, 1.54) is 0 Å². The molecule has 0 radical (unpaired) electrons. The Kier molecular flexibility index (Phi) is 6.51. The largest absolute Gasteiger partial charge is 0.481 e. The van der Waals surface area contributed by atoms with Gasteiger partial charge >= 0.3 is 12.0 Å². The molecule has 0 aliphatic rings. The third kappa shape index (κ3) is 6.56. The summed E-state index contributed by atoms with van der Waals surface area (Å²) in [5.41, 5.74) is 1.76. The van der Waals surface area contributed by atoms with Gasteiger partial charge in [0.05, 0.1) is 0 Å². The van der Waals surface area contributed by atoms with Crippen molar-refractivity contribution in [2.45, 2.75) is 39.2 Å². The fraction of sp³-hybridized carbons (Fsp3) is 0.429. The molecule has 0 aliphatic heterocycles. The van der Waals surface area contributed by atoms with Gasteiger partial charge in [-0.2, -0.15) is 0 Å². The molecule has 0 heterocycles. The number of carbonyl (C=O) groups excluding carboxylic acids is 1. The minimum absolute atomic E-state index is 0.0670. The number of carboxylic acid groups (broad SMARTS) is 1. The lowest BCUT2D eigenvalue weighted by molar-refractivity contribution is -0.137. The molecule has 0 aliphatic carbocycles. The number of hydrogen-bond donors (Lipinski definition) is 3. The molecule has 0 bridgehead atoms. The van der Waals surface area contributed by atoms with Crippen molar-refractivity contribution in [2.75, 3.05) is 5.32 Å². The maximum atomic E-state index is 11.8. The van der Waals surface area contributed by atoms with Gasteiger partial charge in [-0.3, -0.25) is 4.79 Å². The van der Waals surface area contributed by atoms with Crippen LogP contribution < -0.4 is 10.6 Å². The highest BCUT2D eigenvalue weighted by atomic mass is 79.9. The number of benzene rings is 1. The van der Waals surface area contributed by atoms with Crippen molar-refractivity contribution in [2.24, 2.45) is 0 Å². The van der Waals surface area contributed by atoms with Crippen molar-refractivity contribution >= 4 is 33.6 Å². The van der Waals surface area contributed by atoms with Crippen LogP contribution in [0.4, 0.5) is 10.5 Å². The maximum absolute atomic E-state index is 11.8. The summed E-state index contributed by atoms with van der Waals surface area (Å²) in [4.78, 5) is 22.2. The molecular formula is C14H19BrN2O3. The van der Waals surface area contributed by atoms with E-state index in [4.69, 9.17) is 5.11 Å². The van der Waals surface area contributed by atoms with Crippen molar-refractivity contribution in [1.82, 2.24) is 5.32 Å². The number of hydrogen-bond acceptors (Lipinski definition) is 2. The number of halogens is 1. The first-order valence-electron chi connectivity index (χ1n) is 6.43. The molecule has 0 spiro atoms. The number of urea groups is 1. The summed E-state index contributed by atoms with van der Waals surface area (Å²) in [6.07, 6.45) is 1.31. The van der Waals surface area contributed by atoms with Gasteiger partial charge in [-0.25, -0.2) is 4.79 Å². The van der Waals surface area contributed by atoms with E-state index in [2.05, 4.69) is 26.6 Å². The molecule has 5 nitrogen and oxygen atoms in total. The molecule has 0 saturated heterocycles. The number of amides is 2. The predicted molar refractivity (Wildman–Crippen MR) is 82.0 cm³/mol. The van der Waals surface area contributed by atoms with Crippen LogP contribution in [0.3, 0.4) is 0 Å². The van der Waals surface area contributed by atoms with Crippen LogP contribution in [0.2, 0.25) is 0 Å². The van der Waals surface area contributed by atoms with E-state index in [0.717, 1.165) is 10.0 Å². The fourth-order valence-corrected chi connectivity index (χ4v) is 2.44. The van der Waals surface area contributed by atoms with Crippen LogP contribution >= 0.6 is 15.9 Å². The third-order valence-corrected chi connectivity index (χ3v) is 3.16. The Hall–Kier alpha value is -1.56. The summed E-state index contributed by atoms with van der Waals surface area (Å²) < 4.78 is 0.905.